The van der Waals surface area contributed by atoms with Crippen LogP contribution in [0.4, 0.5) is 0 Å². The lowest BCUT2D eigenvalue weighted by Gasteiger charge is -2.42. The molecule has 0 amide bonds. The summed E-state index contributed by atoms with van der Waals surface area (Å²) in [6.07, 6.45) is 18.6. The van der Waals surface area contributed by atoms with Gasteiger partial charge < -0.3 is 4.74 Å². The van der Waals surface area contributed by atoms with Gasteiger partial charge in [-0.3, -0.25) is 4.79 Å². The standard InChI is InChI=1S/C41H43NO2/c1-2-8-30-15-21-36(22-16-30)41(27-25-33(26-28-41)32-9-4-3-5-10-32)40(43)44-37-23-19-35(20-24-37)39-12-7-6-11-38(39)34-17-13-31(29-42)14-18-34/h2-7,9-14,17-18,25-27,30,35-37H,1,8,15-16,19-24,28H2. The van der Waals surface area contributed by atoms with Gasteiger partial charge in [0.25, 0.3) is 0 Å². The molecule has 0 saturated heterocycles. The van der Waals surface area contributed by atoms with Crippen molar-refractivity contribution in [2.75, 3.05) is 0 Å². The first-order valence-corrected chi connectivity index (χ1v) is 16.5. The largest absolute Gasteiger partial charge is 0.462 e. The van der Waals surface area contributed by atoms with E-state index in [1.807, 2.05) is 36.4 Å². The summed E-state index contributed by atoms with van der Waals surface area (Å²) in [6.45, 7) is 3.96. The van der Waals surface area contributed by atoms with E-state index in [1.54, 1.807) is 0 Å². The lowest BCUT2D eigenvalue weighted by Crippen LogP contribution is -2.42. The summed E-state index contributed by atoms with van der Waals surface area (Å²) in [5.74, 6) is 1.39. The van der Waals surface area contributed by atoms with Crippen LogP contribution in [0.5, 0.6) is 0 Å². The monoisotopic (exact) mass is 581 g/mol. The molecule has 0 N–H and O–H groups in total. The fourth-order valence-electron chi connectivity index (χ4n) is 7.86. The zero-order valence-corrected chi connectivity index (χ0v) is 25.7. The molecule has 0 aliphatic heterocycles. The average molecular weight is 582 g/mol. The van der Waals surface area contributed by atoms with Crippen molar-refractivity contribution in [1.82, 2.24) is 0 Å². The maximum atomic E-state index is 14.2. The molecule has 0 bridgehead atoms. The van der Waals surface area contributed by atoms with Gasteiger partial charge in [0.05, 0.1) is 17.0 Å². The highest BCUT2D eigenvalue weighted by Crippen LogP contribution is 2.49. The van der Waals surface area contributed by atoms with Crippen LogP contribution >= 0.6 is 0 Å². The number of hydrogen-bond acceptors (Lipinski definition) is 3. The average Bonchev–Trinajstić information content (AvgIpc) is 3.09. The third kappa shape index (κ3) is 6.36. The van der Waals surface area contributed by atoms with E-state index in [-0.39, 0.29) is 12.1 Å². The summed E-state index contributed by atoms with van der Waals surface area (Å²) >= 11 is 0. The Kier molecular flexibility index (Phi) is 9.27. The van der Waals surface area contributed by atoms with E-state index in [2.05, 4.69) is 79.4 Å². The number of carbonyl (C=O) groups is 1. The van der Waals surface area contributed by atoms with Gasteiger partial charge in [-0.1, -0.05) is 91.0 Å². The van der Waals surface area contributed by atoms with Gasteiger partial charge in [0.15, 0.2) is 0 Å². The Hall–Kier alpha value is -4.16. The Bertz CT molecular complexity index is 1540. The second-order valence-electron chi connectivity index (χ2n) is 13.0. The Balaban J connectivity index is 1.15. The second-order valence-corrected chi connectivity index (χ2v) is 13.0. The van der Waals surface area contributed by atoms with E-state index in [0.29, 0.717) is 29.7 Å². The zero-order chi connectivity index (χ0) is 30.4. The molecule has 0 radical (unpaired) electrons. The number of rotatable bonds is 8. The molecule has 3 nitrogen and oxygen atoms in total. The molecule has 1 unspecified atom stereocenters. The predicted octanol–water partition coefficient (Wildman–Crippen LogP) is 10.2. The summed E-state index contributed by atoms with van der Waals surface area (Å²) in [7, 11) is 0. The molecule has 2 fully saturated rings. The molecule has 224 valence electrons. The van der Waals surface area contributed by atoms with Gasteiger partial charge in [0.1, 0.15) is 6.10 Å². The van der Waals surface area contributed by atoms with Gasteiger partial charge in [0, 0.05) is 0 Å². The van der Waals surface area contributed by atoms with Crippen LogP contribution in [0.2, 0.25) is 0 Å². The summed E-state index contributed by atoms with van der Waals surface area (Å²) in [6, 6.07) is 29.2. The smallest absolute Gasteiger partial charge is 0.316 e. The number of nitrogens with zero attached hydrogens (tertiary/aromatic N) is 1. The molecule has 3 aromatic carbocycles. The van der Waals surface area contributed by atoms with E-state index in [1.165, 1.54) is 22.3 Å². The van der Waals surface area contributed by atoms with E-state index < -0.39 is 5.41 Å². The minimum absolute atomic E-state index is 0.0225. The molecule has 2 saturated carbocycles. The quantitative estimate of drug-likeness (QED) is 0.196. The number of benzene rings is 3. The molecule has 3 aliphatic rings. The zero-order valence-electron chi connectivity index (χ0n) is 25.7. The van der Waals surface area contributed by atoms with Crippen LogP contribution < -0.4 is 0 Å². The number of carbonyl (C=O) groups excluding carboxylic acids is 1. The molecule has 3 aromatic rings. The van der Waals surface area contributed by atoms with Crippen molar-refractivity contribution in [3.63, 3.8) is 0 Å². The highest BCUT2D eigenvalue weighted by Gasteiger charge is 2.47. The Morgan fingerprint density at radius 2 is 1.57 bits per heavy atom. The number of hydrogen-bond donors (Lipinski definition) is 0. The second kappa shape index (κ2) is 13.6. The van der Waals surface area contributed by atoms with Crippen LogP contribution in [-0.2, 0) is 9.53 Å². The maximum Gasteiger partial charge on any atom is 0.316 e. The molecule has 44 heavy (non-hydrogen) atoms. The van der Waals surface area contributed by atoms with E-state index in [0.717, 1.165) is 63.4 Å². The normalized spacial score (nSPS) is 26.7. The number of nitriles is 1. The lowest BCUT2D eigenvalue weighted by atomic mass is 9.63. The first-order chi connectivity index (χ1) is 21.6. The third-order valence-corrected chi connectivity index (χ3v) is 10.5. The molecule has 1 atom stereocenters. The first kappa shape index (κ1) is 29.9. The number of allylic oxidation sites excluding steroid dienone is 4. The van der Waals surface area contributed by atoms with Crippen LogP contribution in [0.25, 0.3) is 16.7 Å². The SMILES string of the molecule is C=CCC1CCC(C2(C(=O)OC3CCC(c4ccccc4-c4ccc(C#N)cc4)CC3)C=CC(c3ccccc3)=CC2)CC1. The fourth-order valence-corrected chi connectivity index (χ4v) is 7.86. The van der Waals surface area contributed by atoms with Crippen molar-refractivity contribution in [1.29, 1.82) is 5.26 Å². The molecular weight excluding hydrogens is 538 g/mol. The van der Waals surface area contributed by atoms with Crippen LogP contribution in [-0.4, -0.2) is 12.1 Å². The first-order valence-electron chi connectivity index (χ1n) is 16.5. The van der Waals surface area contributed by atoms with Crippen molar-refractivity contribution >= 4 is 11.5 Å². The van der Waals surface area contributed by atoms with Gasteiger partial charge >= 0.3 is 5.97 Å². The van der Waals surface area contributed by atoms with Gasteiger partial charge in [-0.15, -0.1) is 6.58 Å². The van der Waals surface area contributed by atoms with Gasteiger partial charge in [0.2, 0.25) is 0 Å². The molecule has 0 aromatic heterocycles. The van der Waals surface area contributed by atoms with Gasteiger partial charge in [-0.25, -0.2) is 0 Å². The Labute approximate surface area is 263 Å². The number of ether oxygens (including phenoxy) is 1. The van der Waals surface area contributed by atoms with Crippen molar-refractivity contribution in [3.8, 4) is 17.2 Å². The Morgan fingerprint density at radius 1 is 0.864 bits per heavy atom. The molecule has 0 heterocycles. The molecular formula is C41H43NO2. The van der Waals surface area contributed by atoms with Crippen molar-refractivity contribution in [2.24, 2.45) is 17.3 Å². The predicted molar refractivity (Wildman–Crippen MR) is 179 cm³/mol. The van der Waals surface area contributed by atoms with E-state index >= 15 is 0 Å². The highest BCUT2D eigenvalue weighted by atomic mass is 16.5. The summed E-state index contributed by atoms with van der Waals surface area (Å²) < 4.78 is 6.46. The summed E-state index contributed by atoms with van der Waals surface area (Å²) in [5.41, 5.74) is 6.20. The van der Waals surface area contributed by atoms with Crippen LogP contribution in [0.1, 0.15) is 86.8 Å². The summed E-state index contributed by atoms with van der Waals surface area (Å²) in [4.78, 5) is 14.2. The minimum Gasteiger partial charge on any atom is -0.462 e. The fraction of sp³-hybridized carbons (Fsp3) is 0.366. The summed E-state index contributed by atoms with van der Waals surface area (Å²) in [5, 5.41) is 9.21. The highest BCUT2D eigenvalue weighted by molar-refractivity contribution is 5.85. The lowest BCUT2D eigenvalue weighted by molar-refractivity contribution is -0.164. The van der Waals surface area contributed by atoms with Crippen LogP contribution in [0, 0.1) is 28.6 Å². The van der Waals surface area contributed by atoms with Crippen LogP contribution in [0.3, 0.4) is 0 Å². The van der Waals surface area contributed by atoms with E-state index in [4.69, 9.17) is 4.74 Å². The topological polar surface area (TPSA) is 50.1 Å². The van der Waals surface area contributed by atoms with Crippen molar-refractivity contribution in [3.05, 3.63) is 126 Å². The minimum atomic E-state index is -0.587. The maximum absolute atomic E-state index is 14.2. The van der Waals surface area contributed by atoms with Gasteiger partial charge in [-0.2, -0.15) is 5.26 Å². The third-order valence-electron chi connectivity index (χ3n) is 10.5. The number of esters is 1. The van der Waals surface area contributed by atoms with Crippen molar-refractivity contribution in [2.45, 2.75) is 76.2 Å². The van der Waals surface area contributed by atoms with E-state index in [9.17, 15) is 10.1 Å². The molecule has 3 aliphatic carbocycles. The van der Waals surface area contributed by atoms with Crippen LogP contribution in [0.15, 0.2) is 110 Å². The Morgan fingerprint density at radius 3 is 2.23 bits per heavy atom. The van der Waals surface area contributed by atoms with Gasteiger partial charge in [-0.05, 0) is 122 Å². The molecule has 3 heteroatoms. The molecule has 6 rings (SSSR count). The molecule has 0 spiro atoms. The van der Waals surface area contributed by atoms with Crippen molar-refractivity contribution < 1.29 is 9.53 Å².